The van der Waals surface area contributed by atoms with E-state index < -0.39 is 0 Å². The van der Waals surface area contributed by atoms with Gasteiger partial charge in [0.25, 0.3) is 0 Å². The molecule has 2 N–H and O–H groups in total. The maximum Gasteiger partial charge on any atom is 0.204 e. The van der Waals surface area contributed by atoms with Crippen molar-refractivity contribution in [1.82, 2.24) is 14.3 Å². The molecule has 2 rings (SSSR count). The zero-order chi connectivity index (χ0) is 13.1. The average molecular weight is 246 g/mol. The van der Waals surface area contributed by atoms with Crippen molar-refractivity contribution < 1.29 is 0 Å². The summed E-state index contributed by atoms with van der Waals surface area (Å²) in [6.07, 6.45) is 6.40. The molecule has 0 saturated heterocycles. The summed E-state index contributed by atoms with van der Waals surface area (Å²) in [5.41, 5.74) is 6.67. The fraction of sp³-hybridized carbons (Fsp3) is 0.385. The molecule has 18 heavy (non-hydrogen) atoms. The van der Waals surface area contributed by atoms with Crippen LogP contribution in [-0.2, 0) is 6.54 Å². The fourth-order valence-corrected chi connectivity index (χ4v) is 1.72. The quantitative estimate of drug-likeness (QED) is 0.892. The van der Waals surface area contributed by atoms with Crippen molar-refractivity contribution >= 4 is 5.69 Å². The van der Waals surface area contributed by atoms with Crippen LogP contribution in [0.25, 0.3) is 0 Å². The number of nitrogens with zero attached hydrogens (tertiary/aromatic N) is 3. The van der Waals surface area contributed by atoms with Crippen LogP contribution < -0.4 is 11.2 Å². The van der Waals surface area contributed by atoms with E-state index in [1.807, 2.05) is 21.5 Å². The Balaban J connectivity index is 2.16. The van der Waals surface area contributed by atoms with Crippen LogP contribution in [-0.4, -0.2) is 14.3 Å². The Morgan fingerprint density at radius 3 is 2.83 bits per heavy atom. The third kappa shape index (κ3) is 2.61. The lowest BCUT2D eigenvalue weighted by molar-refractivity contribution is 0.472. The summed E-state index contributed by atoms with van der Waals surface area (Å²) in [6.45, 7) is 4.89. The Labute approximate surface area is 106 Å². The highest BCUT2D eigenvalue weighted by Gasteiger charge is 2.05. The van der Waals surface area contributed by atoms with Gasteiger partial charge in [0.1, 0.15) is 0 Å². The first-order chi connectivity index (χ1) is 8.60. The number of hydrogen-bond acceptors (Lipinski definition) is 3. The molecule has 0 bridgehead atoms. The molecule has 0 aliphatic carbocycles. The van der Waals surface area contributed by atoms with Gasteiger partial charge in [-0.2, -0.15) is 5.10 Å². The molecule has 0 aromatic carbocycles. The van der Waals surface area contributed by atoms with Gasteiger partial charge in [0.05, 0.1) is 17.9 Å². The first-order valence-electron chi connectivity index (χ1n) is 6.09. The normalized spacial score (nSPS) is 12.6. The third-order valence-electron chi connectivity index (χ3n) is 3.06. The van der Waals surface area contributed by atoms with Crippen LogP contribution in [0, 0.1) is 0 Å². The molecule has 2 heterocycles. The maximum absolute atomic E-state index is 11.2. The summed E-state index contributed by atoms with van der Waals surface area (Å²) in [6, 6.07) is 3.86. The zero-order valence-corrected chi connectivity index (χ0v) is 10.7. The van der Waals surface area contributed by atoms with Crippen molar-refractivity contribution in [2.75, 3.05) is 5.73 Å². The molecule has 5 nitrogen and oxygen atoms in total. The lowest BCUT2D eigenvalue weighted by Crippen LogP contribution is -2.12. The lowest BCUT2D eigenvalue weighted by atomic mass is 10.3. The second kappa shape index (κ2) is 5.08. The first kappa shape index (κ1) is 12.4. The molecular formula is C13H18N4O. The summed E-state index contributed by atoms with van der Waals surface area (Å²) >= 11 is 0. The summed E-state index contributed by atoms with van der Waals surface area (Å²) < 4.78 is 3.82. The molecule has 0 aliphatic rings. The van der Waals surface area contributed by atoms with Gasteiger partial charge in [-0.25, -0.2) is 0 Å². The maximum atomic E-state index is 11.2. The van der Waals surface area contributed by atoms with Crippen LogP contribution >= 0.6 is 0 Å². The minimum atomic E-state index is -0.142. The predicted molar refractivity (Wildman–Crippen MR) is 71.4 cm³/mol. The lowest BCUT2D eigenvalue weighted by Gasteiger charge is -2.08. The van der Waals surface area contributed by atoms with E-state index in [0.29, 0.717) is 12.6 Å². The van der Waals surface area contributed by atoms with Gasteiger partial charge in [-0.3, -0.25) is 9.48 Å². The topological polar surface area (TPSA) is 65.8 Å². The van der Waals surface area contributed by atoms with Crippen molar-refractivity contribution in [2.45, 2.75) is 32.9 Å². The minimum Gasteiger partial charge on any atom is -0.394 e. The largest absolute Gasteiger partial charge is 0.394 e. The molecule has 0 spiro atoms. The van der Waals surface area contributed by atoms with E-state index in [1.165, 1.54) is 6.07 Å². The van der Waals surface area contributed by atoms with Gasteiger partial charge in [0.2, 0.25) is 5.43 Å². The monoisotopic (exact) mass is 246 g/mol. The number of hydrogen-bond donors (Lipinski definition) is 1. The van der Waals surface area contributed by atoms with E-state index >= 15 is 0 Å². The number of nitrogen functional groups attached to an aromatic ring is 1. The van der Waals surface area contributed by atoms with E-state index in [-0.39, 0.29) is 11.1 Å². The molecular weight excluding hydrogens is 228 g/mol. The second-order valence-corrected chi connectivity index (χ2v) is 4.48. The van der Waals surface area contributed by atoms with Crippen molar-refractivity contribution in [3.8, 4) is 0 Å². The summed E-state index contributed by atoms with van der Waals surface area (Å²) in [5, 5.41) is 4.51. The van der Waals surface area contributed by atoms with Crippen LogP contribution in [0.2, 0.25) is 0 Å². The number of aromatic nitrogens is 3. The number of rotatable bonds is 4. The Bertz CT molecular complexity index is 585. The molecule has 0 radical (unpaired) electrons. The average Bonchev–Trinajstić information content (AvgIpc) is 2.81. The minimum absolute atomic E-state index is 0.142. The van der Waals surface area contributed by atoms with Gasteiger partial charge in [0, 0.05) is 30.7 Å². The highest BCUT2D eigenvalue weighted by molar-refractivity contribution is 5.33. The number of nitrogens with two attached hydrogens (primary N) is 1. The summed E-state index contributed by atoms with van der Waals surface area (Å²) in [7, 11) is 0. The molecule has 0 aliphatic heterocycles. The van der Waals surface area contributed by atoms with Crippen molar-refractivity contribution in [1.29, 1.82) is 0 Å². The van der Waals surface area contributed by atoms with E-state index in [9.17, 15) is 4.79 Å². The van der Waals surface area contributed by atoms with Gasteiger partial charge in [-0.1, -0.05) is 6.92 Å². The van der Waals surface area contributed by atoms with E-state index in [2.05, 4.69) is 18.9 Å². The summed E-state index contributed by atoms with van der Waals surface area (Å²) in [5.74, 6) is 0. The smallest absolute Gasteiger partial charge is 0.204 e. The molecule has 5 heteroatoms. The molecule has 0 amide bonds. The van der Waals surface area contributed by atoms with E-state index in [1.54, 1.807) is 12.4 Å². The predicted octanol–water partition coefficient (Wildman–Crippen LogP) is 1.65. The highest BCUT2D eigenvalue weighted by Crippen LogP contribution is 2.10. The van der Waals surface area contributed by atoms with Crippen LogP contribution in [0.4, 0.5) is 5.69 Å². The molecule has 2 aromatic heterocycles. The zero-order valence-electron chi connectivity index (χ0n) is 10.7. The van der Waals surface area contributed by atoms with Crippen LogP contribution in [0.5, 0.6) is 0 Å². The molecule has 2 aromatic rings. The van der Waals surface area contributed by atoms with Crippen molar-refractivity contribution in [2.24, 2.45) is 0 Å². The standard InChI is InChI=1S/C13H18N4O/c1-3-10(2)17-7-4-11(15-17)8-16-6-5-13(18)12(14)9-16/h4-7,9-10H,3,8,14H2,1-2H3. The second-order valence-electron chi connectivity index (χ2n) is 4.48. The SMILES string of the molecule is CCC(C)n1ccc(Cn2ccc(=O)c(N)c2)n1. The van der Waals surface area contributed by atoms with Gasteiger partial charge in [-0.15, -0.1) is 0 Å². The fourth-order valence-electron chi connectivity index (χ4n) is 1.72. The van der Waals surface area contributed by atoms with E-state index in [4.69, 9.17) is 5.73 Å². The highest BCUT2D eigenvalue weighted by atomic mass is 16.1. The molecule has 1 atom stereocenters. The Kier molecular flexibility index (Phi) is 3.50. The van der Waals surface area contributed by atoms with Gasteiger partial charge in [-0.05, 0) is 19.4 Å². The van der Waals surface area contributed by atoms with Crippen LogP contribution in [0.3, 0.4) is 0 Å². The number of anilines is 1. The van der Waals surface area contributed by atoms with Gasteiger partial charge < -0.3 is 10.3 Å². The Morgan fingerprint density at radius 1 is 1.39 bits per heavy atom. The third-order valence-corrected chi connectivity index (χ3v) is 3.06. The summed E-state index contributed by atoms with van der Waals surface area (Å²) in [4.78, 5) is 11.2. The van der Waals surface area contributed by atoms with Crippen molar-refractivity contribution in [3.63, 3.8) is 0 Å². The van der Waals surface area contributed by atoms with Gasteiger partial charge >= 0.3 is 0 Å². The molecule has 0 fully saturated rings. The number of pyridine rings is 1. The van der Waals surface area contributed by atoms with E-state index in [0.717, 1.165) is 12.1 Å². The molecule has 0 saturated carbocycles. The molecule has 96 valence electrons. The first-order valence-corrected chi connectivity index (χ1v) is 6.09. The Morgan fingerprint density at radius 2 is 2.17 bits per heavy atom. The Hall–Kier alpha value is -2.04. The van der Waals surface area contributed by atoms with Crippen LogP contribution in [0.15, 0.2) is 35.5 Å². The molecule has 1 unspecified atom stereocenters. The van der Waals surface area contributed by atoms with Crippen LogP contribution in [0.1, 0.15) is 32.0 Å². The van der Waals surface area contributed by atoms with Crippen molar-refractivity contribution in [3.05, 3.63) is 46.6 Å². The van der Waals surface area contributed by atoms with Gasteiger partial charge in [0.15, 0.2) is 0 Å².